The molecule has 0 bridgehead atoms. The Balaban J connectivity index is 2.35. The van der Waals surface area contributed by atoms with E-state index >= 15 is 0 Å². The SMILES string of the molecule is Cc1ccc(NS(=O)(=O)c2ccnc(NN)c2)c(F)c1. The smallest absolute Gasteiger partial charge is 0.262 e. The van der Waals surface area contributed by atoms with Crippen molar-refractivity contribution in [3.05, 3.63) is 47.9 Å². The van der Waals surface area contributed by atoms with Crippen molar-refractivity contribution in [2.24, 2.45) is 5.84 Å². The zero-order valence-corrected chi connectivity index (χ0v) is 11.4. The van der Waals surface area contributed by atoms with Gasteiger partial charge in [0.15, 0.2) is 0 Å². The Morgan fingerprint density at radius 1 is 1.25 bits per heavy atom. The third-order valence-corrected chi connectivity index (χ3v) is 3.92. The van der Waals surface area contributed by atoms with Gasteiger partial charge in [-0.1, -0.05) is 6.07 Å². The van der Waals surface area contributed by atoms with Crippen LogP contribution in [0.15, 0.2) is 41.4 Å². The fourth-order valence-corrected chi connectivity index (χ4v) is 2.64. The molecule has 1 aromatic carbocycles. The quantitative estimate of drug-likeness (QED) is 0.588. The van der Waals surface area contributed by atoms with E-state index in [4.69, 9.17) is 5.84 Å². The Hall–Kier alpha value is -2.19. The van der Waals surface area contributed by atoms with Crippen LogP contribution in [0.4, 0.5) is 15.9 Å². The number of nitrogens with one attached hydrogen (secondary N) is 2. The molecular formula is C12H13FN4O2S. The Morgan fingerprint density at radius 3 is 2.65 bits per heavy atom. The lowest BCUT2D eigenvalue weighted by atomic mass is 10.2. The van der Waals surface area contributed by atoms with E-state index in [0.29, 0.717) is 5.56 Å². The first kappa shape index (κ1) is 14.2. The lowest BCUT2D eigenvalue weighted by Crippen LogP contribution is -2.15. The zero-order valence-electron chi connectivity index (χ0n) is 10.6. The molecule has 0 fully saturated rings. The molecule has 1 aromatic heterocycles. The van der Waals surface area contributed by atoms with Crippen LogP contribution in [0.3, 0.4) is 0 Å². The summed E-state index contributed by atoms with van der Waals surface area (Å²) in [5, 5.41) is 0. The summed E-state index contributed by atoms with van der Waals surface area (Å²) in [6, 6.07) is 6.76. The molecule has 0 aliphatic carbocycles. The zero-order chi connectivity index (χ0) is 14.8. The van der Waals surface area contributed by atoms with E-state index in [1.165, 1.54) is 30.5 Å². The van der Waals surface area contributed by atoms with Gasteiger partial charge >= 0.3 is 0 Å². The van der Waals surface area contributed by atoms with Gasteiger partial charge in [0, 0.05) is 12.3 Å². The van der Waals surface area contributed by atoms with Crippen molar-refractivity contribution < 1.29 is 12.8 Å². The number of rotatable bonds is 4. The molecule has 0 aliphatic heterocycles. The molecule has 0 amide bonds. The van der Waals surface area contributed by atoms with Crippen LogP contribution in [0, 0.1) is 12.7 Å². The van der Waals surface area contributed by atoms with Crippen LogP contribution in [-0.2, 0) is 10.0 Å². The number of aromatic nitrogens is 1. The monoisotopic (exact) mass is 296 g/mol. The molecule has 0 spiro atoms. The van der Waals surface area contributed by atoms with Gasteiger partial charge in [-0.3, -0.25) is 4.72 Å². The average Bonchev–Trinajstić information content (AvgIpc) is 2.42. The number of pyridine rings is 1. The van der Waals surface area contributed by atoms with Crippen molar-refractivity contribution in [1.29, 1.82) is 0 Å². The van der Waals surface area contributed by atoms with E-state index in [9.17, 15) is 12.8 Å². The van der Waals surface area contributed by atoms with Crippen molar-refractivity contribution in [2.75, 3.05) is 10.1 Å². The highest BCUT2D eigenvalue weighted by Crippen LogP contribution is 2.20. The summed E-state index contributed by atoms with van der Waals surface area (Å²) in [4.78, 5) is 3.74. The van der Waals surface area contributed by atoms with Crippen LogP contribution < -0.4 is 16.0 Å². The highest BCUT2D eigenvalue weighted by Gasteiger charge is 2.17. The molecule has 0 radical (unpaired) electrons. The van der Waals surface area contributed by atoms with Gasteiger partial charge in [0.1, 0.15) is 11.6 Å². The van der Waals surface area contributed by atoms with Crippen LogP contribution >= 0.6 is 0 Å². The molecule has 8 heteroatoms. The topological polar surface area (TPSA) is 97.1 Å². The second-order valence-corrected chi connectivity index (χ2v) is 5.79. The molecule has 0 saturated heterocycles. The molecule has 1 heterocycles. The minimum atomic E-state index is -3.91. The van der Waals surface area contributed by atoms with Gasteiger partial charge in [-0.05, 0) is 30.7 Å². The van der Waals surface area contributed by atoms with E-state index < -0.39 is 15.8 Å². The summed E-state index contributed by atoms with van der Waals surface area (Å²) >= 11 is 0. The Bertz CT molecular complexity index is 734. The molecule has 0 aliphatic rings. The molecule has 0 atom stereocenters. The first-order valence-corrected chi connectivity index (χ1v) is 7.12. The van der Waals surface area contributed by atoms with E-state index in [0.717, 1.165) is 0 Å². The normalized spacial score (nSPS) is 11.2. The maximum Gasteiger partial charge on any atom is 0.262 e. The van der Waals surface area contributed by atoms with E-state index in [1.807, 2.05) is 0 Å². The minimum absolute atomic E-state index is 0.0691. The Morgan fingerprint density at radius 2 is 2.00 bits per heavy atom. The molecule has 0 saturated carbocycles. The summed E-state index contributed by atoms with van der Waals surface area (Å²) in [5.41, 5.74) is 2.83. The third kappa shape index (κ3) is 3.03. The van der Waals surface area contributed by atoms with Gasteiger partial charge < -0.3 is 5.43 Å². The molecule has 2 aromatic rings. The van der Waals surface area contributed by atoms with Crippen molar-refractivity contribution in [2.45, 2.75) is 11.8 Å². The van der Waals surface area contributed by atoms with Crippen LogP contribution in [-0.4, -0.2) is 13.4 Å². The number of nitrogen functional groups attached to an aromatic ring is 1. The average molecular weight is 296 g/mol. The number of nitrogens with two attached hydrogens (primary N) is 1. The van der Waals surface area contributed by atoms with Crippen molar-refractivity contribution in [3.8, 4) is 0 Å². The number of hydrazine groups is 1. The van der Waals surface area contributed by atoms with Gasteiger partial charge in [0.25, 0.3) is 10.0 Å². The lowest BCUT2D eigenvalue weighted by Gasteiger charge is -2.10. The summed E-state index contributed by atoms with van der Waals surface area (Å²) < 4.78 is 40.1. The van der Waals surface area contributed by atoms with Gasteiger partial charge in [-0.2, -0.15) is 0 Å². The number of nitrogens with zero attached hydrogens (tertiary/aromatic N) is 1. The molecule has 106 valence electrons. The van der Waals surface area contributed by atoms with E-state index in [-0.39, 0.29) is 16.4 Å². The standard InChI is InChI=1S/C12H13FN4O2S/c1-8-2-3-11(10(13)6-8)17-20(18,19)9-4-5-15-12(7-9)16-14/h2-7,17H,14H2,1H3,(H,15,16). The number of halogens is 1. The second kappa shape index (κ2) is 5.43. The van der Waals surface area contributed by atoms with Crippen LogP contribution in [0.1, 0.15) is 5.56 Å². The maximum absolute atomic E-state index is 13.7. The van der Waals surface area contributed by atoms with Gasteiger partial charge in [0.05, 0.1) is 10.6 Å². The van der Waals surface area contributed by atoms with Crippen molar-refractivity contribution in [3.63, 3.8) is 0 Å². The first-order chi connectivity index (χ1) is 9.42. The predicted molar refractivity (Wildman–Crippen MR) is 74.0 cm³/mol. The number of anilines is 2. The molecule has 6 nitrogen and oxygen atoms in total. The van der Waals surface area contributed by atoms with E-state index in [2.05, 4.69) is 15.1 Å². The molecule has 20 heavy (non-hydrogen) atoms. The lowest BCUT2D eigenvalue weighted by molar-refractivity contribution is 0.598. The molecule has 4 N–H and O–H groups in total. The summed E-state index contributed by atoms with van der Waals surface area (Å²) in [7, 11) is -3.91. The van der Waals surface area contributed by atoms with E-state index in [1.54, 1.807) is 13.0 Å². The van der Waals surface area contributed by atoms with Crippen LogP contribution in [0.5, 0.6) is 0 Å². The number of benzene rings is 1. The number of aryl methyl sites for hydroxylation is 1. The fraction of sp³-hybridized carbons (Fsp3) is 0.0833. The Kier molecular flexibility index (Phi) is 3.86. The van der Waals surface area contributed by atoms with Gasteiger partial charge in [-0.15, -0.1) is 0 Å². The summed E-state index contributed by atoms with van der Waals surface area (Å²) in [5.74, 6) is 4.72. The maximum atomic E-state index is 13.7. The first-order valence-electron chi connectivity index (χ1n) is 5.64. The number of hydrogen-bond acceptors (Lipinski definition) is 5. The number of hydrogen-bond donors (Lipinski definition) is 3. The molecule has 2 rings (SSSR count). The highest BCUT2D eigenvalue weighted by atomic mass is 32.2. The summed E-state index contributed by atoms with van der Waals surface area (Å²) in [6.07, 6.45) is 1.29. The summed E-state index contributed by atoms with van der Waals surface area (Å²) in [6.45, 7) is 1.71. The number of sulfonamides is 1. The van der Waals surface area contributed by atoms with Crippen molar-refractivity contribution in [1.82, 2.24) is 4.98 Å². The largest absolute Gasteiger partial charge is 0.308 e. The van der Waals surface area contributed by atoms with Crippen LogP contribution in [0.25, 0.3) is 0 Å². The predicted octanol–water partition coefficient (Wildman–Crippen LogP) is 1.62. The fourth-order valence-electron chi connectivity index (χ4n) is 1.56. The van der Waals surface area contributed by atoms with Crippen LogP contribution in [0.2, 0.25) is 0 Å². The van der Waals surface area contributed by atoms with Crippen molar-refractivity contribution >= 4 is 21.5 Å². The van der Waals surface area contributed by atoms with Gasteiger partial charge in [0.2, 0.25) is 0 Å². The van der Waals surface area contributed by atoms with Gasteiger partial charge in [-0.25, -0.2) is 23.6 Å². The second-order valence-electron chi connectivity index (χ2n) is 4.11. The molecule has 0 unspecified atom stereocenters. The third-order valence-electron chi connectivity index (χ3n) is 2.56. The highest BCUT2D eigenvalue weighted by molar-refractivity contribution is 7.92. The minimum Gasteiger partial charge on any atom is -0.308 e. The molecular weight excluding hydrogens is 283 g/mol. The Labute approximate surface area is 115 Å².